The van der Waals surface area contributed by atoms with E-state index >= 15 is 0 Å². The van der Waals surface area contributed by atoms with Crippen molar-refractivity contribution in [1.29, 1.82) is 0 Å². The van der Waals surface area contributed by atoms with Gasteiger partial charge in [-0.2, -0.15) is 5.10 Å². The number of benzene rings is 1. The standard InChI is InChI=1S/C18H14N4O2S/c1-9-5-6-10(2)13-12(9)14(22-21-13)17-20-15(18(23)24)16(25-17)11-4-3-7-19-8-11/h3-8H,1-2H3,(H,21,22)(H,23,24). The Morgan fingerprint density at radius 3 is 2.72 bits per heavy atom. The van der Waals surface area contributed by atoms with Crippen molar-refractivity contribution in [3.63, 3.8) is 0 Å². The van der Waals surface area contributed by atoms with E-state index in [2.05, 4.69) is 20.2 Å². The number of carboxylic acid groups (broad SMARTS) is 1. The normalized spacial score (nSPS) is 11.1. The molecule has 4 aromatic rings. The number of aromatic carboxylic acids is 1. The summed E-state index contributed by atoms with van der Waals surface area (Å²) in [5, 5.41) is 18.6. The first kappa shape index (κ1) is 15.5. The highest BCUT2D eigenvalue weighted by Crippen LogP contribution is 2.38. The van der Waals surface area contributed by atoms with Crippen molar-refractivity contribution < 1.29 is 9.90 Å². The van der Waals surface area contributed by atoms with Gasteiger partial charge in [-0.15, -0.1) is 11.3 Å². The lowest BCUT2D eigenvalue weighted by atomic mass is 10.1. The monoisotopic (exact) mass is 350 g/mol. The van der Waals surface area contributed by atoms with Crippen molar-refractivity contribution in [3.05, 3.63) is 53.5 Å². The molecule has 0 bridgehead atoms. The van der Waals surface area contributed by atoms with Crippen LogP contribution in [0.15, 0.2) is 36.7 Å². The number of aromatic amines is 1. The minimum atomic E-state index is -1.06. The van der Waals surface area contributed by atoms with Gasteiger partial charge in [0.1, 0.15) is 10.7 Å². The number of hydrogen-bond donors (Lipinski definition) is 2. The maximum atomic E-state index is 11.7. The summed E-state index contributed by atoms with van der Waals surface area (Å²) in [6.07, 6.45) is 3.30. The third-order valence-electron chi connectivity index (χ3n) is 4.08. The van der Waals surface area contributed by atoms with E-state index in [1.807, 2.05) is 32.0 Å². The fourth-order valence-electron chi connectivity index (χ4n) is 2.84. The van der Waals surface area contributed by atoms with Crippen LogP contribution in [0.3, 0.4) is 0 Å². The summed E-state index contributed by atoms with van der Waals surface area (Å²) in [4.78, 5) is 20.7. The van der Waals surface area contributed by atoms with E-state index in [9.17, 15) is 9.90 Å². The third-order valence-corrected chi connectivity index (χ3v) is 5.21. The van der Waals surface area contributed by atoms with Gasteiger partial charge in [0.25, 0.3) is 0 Å². The van der Waals surface area contributed by atoms with Crippen molar-refractivity contribution in [3.8, 4) is 21.1 Å². The zero-order chi connectivity index (χ0) is 17.6. The molecular formula is C18H14N4O2S. The summed E-state index contributed by atoms with van der Waals surface area (Å²) in [5.74, 6) is -1.06. The van der Waals surface area contributed by atoms with E-state index in [0.717, 1.165) is 33.3 Å². The molecule has 3 heterocycles. The molecule has 0 saturated heterocycles. The number of nitrogens with one attached hydrogen (secondary N) is 1. The summed E-state index contributed by atoms with van der Waals surface area (Å²) >= 11 is 1.32. The molecule has 0 aliphatic carbocycles. The molecule has 0 aliphatic rings. The van der Waals surface area contributed by atoms with Crippen LogP contribution in [0.4, 0.5) is 0 Å². The molecule has 0 aliphatic heterocycles. The maximum absolute atomic E-state index is 11.7. The largest absolute Gasteiger partial charge is 0.476 e. The minimum Gasteiger partial charge on any atom is -0.476 e. The molecule has 4 rings (SSSR count). The predicted octanol–water partition coefficient (Wildman–Crippen LogP) is 4.06. The first-order valence-electron chi connectivity index (χ1n) is 7.65. The highest BCUT2D eigenvalue weighted by atomic mass is 32.1. The number of aryl methyl sites for hydroxylation is 2. The van der Waals surface area contributed by atoms with E-state index in [-0.39, 0.29) is 5.69 Å². The molecule has 0 radical (unpaired) electrons. The van der Waals surface area contributed by atoms with Gasteiger partial charge in [0.2, 0.25) is 0 Å². The average molecular weight is 350 g/mol. The summed E-state index contributed by atoms with van der Waals surface area (Å²) in [6, 6.07) is 7.66. The lowest BCUT2D eigenvalue weighted by molar-refractivity contribution is 0.0692. The number of thiazole rings is 1. The predicted molar refractivity (Wildman–Crippen MR) is 96.9 cm³/mol. The molecule has 0 amide bonds. The molecule has 0 fully saturated rings. The van der Waals surface area contributed by atoms with Crippen molar-refractivity contribution in [1.82, 2.24) is 20.2 Å². The summed E-state index contributed by atoms with van der Waals surface area (Å²) in [6.45, 7) is 4.01. The zero-order valence-electron chi connectivity index (χ0n) is 13.6. The smallest absolute Gasteiger partial charge is 0.356 e. The molecular weight excluding hydrogens is 336 g/mol. The topological polar surface area (TPSA) is 91.8 Å². The Kier molecular flexibility index (Phi) is 3.58. The molecule has 0 saturated carbocycles. The summed E-state index contributed by atoms with van der Waals surface area (Å²) in [5.41, 5.74) is 4.52. The van der Waals surface area contributed by atoms with Gasteiger partial charge >= 0.3 is 5.97 Å². The number of pyridine rings is 1. The lowest BCUT2D eigenvalue weighted by Crippen LogP contribution is -1.99. The second kappa shape index (κ2) is 5.78. The summed E-state index contributed by atoms with van der Waals surface area (Å²) < 4.78 is 0. The zero-order valence-corrected chi connectivity index (χ0v) is 14.4. The van der Waals surface area contributed by atoms with Crippen LogP contribution in [0.5, 0.6) is 0 Å². The van der Waals surface area contributed by atoms with E-state index in [4.69, 9.17) is 0 Å². The SMILES string of the molecule is Cc1ccc(C)c2c(-c3nc(C(=O)O)c(-c4cccnc4)s3)[nH]nc12. The Hall–Kier alpha value is -3.06. The van der Waals surface area contributed by atoms with Crippen LogP contribution in [0.2, 0.25) is 0 Å². The lowest BCUT2D eigenvalue weighted by Gasteiger charge is -2.00. The fraction of sp³-hybridized carbons (Fsp3) is 0.111. The first-order chi connectivity index (χ1) is 12.1. The molecule has 0 spiro atoms. The molecule has 7 heteroatoms. The number of hydrogen-bond acceptors (Lipinski definition) is 5. The molecule has 6 nitrogen and oxygen atoms in total. The highest BCUT2D eigenvalue weighted by Gasteiger charge is 2.22. The fourth-order valence-corrected chi connectivity index (χ4v) is 3.89. The highest BCUT2D eigenvalue weighted by molar-refractivity contribution is 7.18. The van der Waals surface area contributed by atoms with Gasteiger partial charge in [-0.3, -0.25) is 10.1 Å². The third kappa shape index (κ3) is 2.49. The number of carbonyl (C=O) groups is 1. The van der Waals surface area contributed by atoms with Gasteiger partial charge in [0.15, 0.2) is 5.69 Å². The number of fused-ring (bicyclic) bond motifs is 1. The Morgan fingerprint density at radius 2 is 2.00 bits per heavy atom. The van der Waals surface area contributed by atoms with E-state index in [0.29, 0.717) is 9.88 Å². The number of carboxylic acids is 1. The second-order valence-corrected chi connectivity index (χ2v) is 6.76. The maximum Gasteiger partial charge on any atom is 0.356 e. The average Bonchev–Trinajstić information content (AvgIpc) is 3.24. The molecule has 2 N–H and O–H groups in total. The van der Waals surface area contributed by atoms with Crippen LogP contribution in [0, 0.1) is 13.8 Å². The van der Waals surface area contributed by atoms with Crippen LogP contribution < -0.4 is 0 Å². The molecule has 0 unspecified atom stereocenters. The van der Waals surface area contributed by atoms with Crippen LogP contribution in [0.25, 0.3) is 32.0 Å². The van der Waals surface area contributed by atoms with Gasteiger partial charge in [-0.05, 0) is 31.0 Å². The van der Waals surface area contributed by atoms with E-state index < -0.39 is 5.97 Å². The van der Waals surface area contributed by atoms with Gasteiger partial charge in [-0.1, -0.05) is 18.2 Å². The molecule has 0 atom stereocenters. The van der Waals surface area contributed by atoms with Crippen LogP contribution in [-0.2, 0) is 0 Å². The van der Waals surface area contributed by atoms with Crippen LogP contribution in [-0.4, -0.2) is 31.2 Å². The molecule has 25 heavy (non-hydrogen) atoms. The van der Waals surface area contributed by atoms with E-state index in [1.54, 1.807) is 18.5 Å². The van der Waals surface area contributed by atoms with Gasteiger partial charge in [-0.25, -0.2) is 9.78 Å². The van der Waals surface area contributed by atoms with Crippen molar-refractivity contribution in [2.24, 2.45) is 0 Å². The van der Waals surface area contributed by atoms with Crippen LogP contribution in [0.1, 0.15) is 21.6 Å². The van der Waals surface area contributed by atoms with Gasteiger partial charge in [0.05, 0.1) is 10.4 Å². The van der Waals surface area contributed by atoms with Crippen molar-refractivity contribution in [2.45, 2.75) is 13.8 Å². The van der Waals surface area contributed by atoms with Crippen molar-refractivity contribution in [2.75, 3.05) is 0 Å². The number of H-pyrrole nitrogens is 1. The Balaban J connectivity index is 1.96. The second-order valence-electron chi connectivity index (χ2n) is 5.77. The van der Waals surface area contributed by atoms with Gasteiger partial charge < -0.3 is 5.11 Å². The Bertz CT molecular complexity index is 1100. The number of aromatic nitrogens is 4. The number of nitrogens with zero attached hydrogens (tertiary/aromatic N) is 3. The van der Waals surface area contributed by atoms with Crippen molar-refractivity contribution >= 4 is 28.2 Å². The molecule has 124 valence electrons. The Morgan fingerprint density at radius 1 is 1.20 bits per heavy atom. The van der Waals surface area contributed by atoms with Crippen LogP contribution >= 0.6 is 11.3 Å². The number of rotatable bonds is 3. The van der Waals surface area contributed by atoms with E-state index in [1.165, 1.54) is 11.3 Å². The Labute approximate surface area is 147 Å². The molecule has 1 aromatic carbocycles. The summed E-state index contributed by atoms with van der Waals surface area (Å²) in [7, 11) is 0. The first-order valence-corrected chi connectivity index (χ1v) is 8.47. The van der Waals surface area contributed by atoms with Gasteiger partial charge in [0, 0.05) is 23.3 Å². The minimum absolute atomic E-state index is 0.0288. The molecule has 3 aromatic heterocycles. The quantitative estimate of drug-likeness (QED) is 0.581.